The van der Waals surface area contributed by atoms with E-state index in [-0.39, 0.29) is 15.8 Å². The minimum Gasteiger partial charge on any atom is -0.368 e. The van der Waals surface area contributed by atoms with Gasteiger partial charge in [0.1, 0.15) is 11.4 Å². The van der Waals surface area contributed by atoms with Gasteiger partial charge in [0, 0.05) is 6.20 Å². The summed E-state index contributed by atoms with van der Waals surface area (Å²) in [6.07, 6.45) is -3.13. The van der Waals surface area contributed by atoms with Gasteiger partial charge in [-0.3, -0.25) is 0 Å². The number of hydrogen-bond donors (Lipinski definition) is 2. The number of nitrogens with one attached hydrogen (secondary N) is 1. The summed E-state index contributed by atoms with van der Waals surface area (Å²) in [6, 6.07) is 0. The summed E-state index contributed by atoms with van der Waals surface area (Å²) in [7, 11) is 0. The third-order valence-corrected chi connectivity index (χ3v) is 2.96. The van der Waals surface area contributed by atoms with Crippen LogP contribution in [0.3, 0.4) is 0 Å². The molecule has 0 aliphatic heterocycles. The van der Waals surface area contributed by atoms with Gasteiger partial charge in [0.25, 0.3) is 0 Å². The lowest BCUT2D eigenvalue weighted by molar-refractivity contribution is -0.137. The summed E-state index contributed by atoms with van der Waals surface area (Å²) in [5.41, 5.74) is 4.35. The molecule has 0 amide bonds. The molecule has 1 heterocycles. The average molecular weight is 346 g/mol. The number of aromatic nitrogens is 2. The lowest BCUT2D eigenvalue weighted by Gasteiger charge is -2.15. The van der Waals surface area contributed by atoms with Gasteiger partial charge in [0.2, 0.25) is 5.95 Å². The van der Waals surface area contributed by atoms with E-state index >= 15 is 0 Å². The fourth-order valence-electron chi connectivity index (χ4n) is 0.963. The smallest absolute Gasteiger partial charge is 0.368 e. The number of halogens is 4. The van der Waals surface area contributed by atoms with Gasteiger partial charge in [0.05, 0.1) is 4.05 Å². The summed E-state index contributed by atoms with van der Waals surface area (Å²) < 4.78 is 37.6. The van der Waals surface area contributed by atoms with Crippen LogP contribution in [0.1, 0.15) is 18.9 Å². The van der Waals surface area contributed by atoms with Crippen LogP contribution in [0.4, 0.5) is 24.9 Å². The van der Waals surface area contributed by atoms with Crippen LogP contribution in [0, 0.1) is 0 Å². The normalized spacial score (nSPS) is 13.6. The highest BCUT2D eigenvalue weighted by molar-refractivity contribution is 14.1. The molecule has 0 bridgehead atoms. The molecule has 1 rings (SSSR count). The van der Waals surface area contributed by atoms with Crippen molar-refractivity contribution < 1.29 is 13.2 Å². The number of nitrogen functional groups attached to an aromatic ring is 1. The zero-order valence-corrected chi connectivity index (χ0v) is 10.5. The zero-order valence-electron chi connectivity index (χ0n) is 8.35. The molecule has 4 nitrogen and oxygen atoms in total. The molecule has 1 aromatic rings. The first kappa shape index (κ1) is 13.3. The Morgan fingerprint density at radius 2 is 2.19 bits per heavy atom. The van der Waals surface area contributed by atoms with E-state index in [0.29, 0.717) is 12.6 Å². The maximum Gasteiger partial charge on any atom is 0.421 e. The van der Waals surface area contributed by atoms with Crippen LogP contribution < -0.4 is 11.1 Å². The molecule has 16 heavy (non-hydrogen) atoms. The summed E-state index contributed by atoms with van der Waals surface area (Å²) >= 11 is 1.99. The maximum atomic E-state index is 12.6. The van der Waals surface area contributed by atoms with Crippen LogP contribution in [-0.4, -0.2) is 14.0 Å². The first-order valence-corrected chi connectivity index (χ1v) is 5.69. The SMILES string of the molecule is CCC(I)Nc1nc(N)ncc1C(F)(F)F. The largest absolute Gasteiger partial charge is 0.421 e. The highest BCUT2D eigenvalue weighted by atomic mass is 127. The van der Waals surface area contributed by atoms with E-state index in [4.69, 9.17) is 5.73 Å². The molecule has 1 aromatic heterocycles. The van der Waals surface area contributed by atoms with Gasteiger partial charge in [-0.05, 0) is 6.42 Å². The Hall–Kier alpha value is -0.800. The van der Waals surface area contributed by atoms with Crippen LogP contribution in [-0.2, 0) is 6.18 Å². The van der Waals surface area contributed by atoms with E-state index in [2.05, 4.69) is 15.3 Å². The van der Waals surface area contributed by atoms with Crippen molar-refractivity contribution in [3.63, 3.8) is 0 Å². The minimum atomic E-state index is -4.49. The molecule has 0 radical (unpaired) electrons. The van der Waals surface area contributed by atoms with E-state index in [0.717, 1.165) is 0 Å². The second-order valence-corrected chi connectivity index (χ2v) is 4.51. The summed E-state index contributed by atoms with van der Waals surface area (Å²) in [6.45, 7) is 1.85. The second kappa shape index (κ2) is 5.02. The number of alkyl halides is 4. The molecule has 0 aromatic carbocycles. The van der Waals surface area contributed by atoms with Crippen LogP contribution in [0.25, 0.3) is 0 Å². The van der Waals surface area contributed by atoms with Gasteiger partial charge in [-0.1, -0.05) is 29.5 Å². The van der Waals surface area contributed by atoms with E-state index in [9.17, 15) is 13.2 Å². The van der Waals surface area contributed by atoms with E-state index in [1.165, 1.54) is 0 Å². The second-order valence-electron chi connectivity index (χ2n) is 3.01. The van der Waals surface area contributed by atoms with Crippen LogP contribution >= 0.6 is 22.6 Å². The highest BCUT2D eigenvalue weighted by Gasteiger charge is 2.35. The van der Waals surface area contributed by atoms with Gasteiger partial charge in [-0.2, -0.15) is 18.2 Å². The number of anilines is 2. The van der Waals surface area contributed by atoms with Gasteiger partial charge < -0.3 is 11.1 Å². The number of hydrogen-bond acceptors (Lipinski definition) is 4. The molecule has 0 spiro atoms. The predicted molar refractivity (Wildman–Crippen MR) is 63.2 cm³/mol. The molecular formula is C8H10F3IN4. The molecule has 3 N–H and O–H groups in total. The van der Waals surface area contributed by atoms with Crippen LogP contribution in [0.5, 0.6) is 0 Å². The number of nitrogens with zero attached hydrogens (tertiary/aromatic N) is 2. The fraction of sp³-hybridized carbons (Fsp3) is 0.500. The Morgan fingerprint density at radius 1 is 1.56 bits per heavy atom. The monoisotopic (exact) mass is 346 g/mol. The molecule has 1 unspecified atom stereocenters. The van der Waals surface area contributed by atoms with Gasteiger partial charge >= 0.3 is 6.18 Å². The van der Waals surface area contributed by atoms with Crippen molar-refractivity contribution in [3.8, 4) is 0 Å². The first-order valence-electron chi connectivity index (χ1n) is 4.45. The molecule has 0 saturated heterocycles. The van der Waals surface area contributed by atoms with E-state index in [1.807, 2.05) is 29.5 Å². The molecule has 8 heteroatoms. The Labute approximate surface area is 104 Å². The standard InChI is InChI=1S/C8H10F3IN4/c1-2-5(12)15-6-4(8(9,10)11)3-14-7(13)16-6/h3,5H,2H2,1H3,(H3,13,14,15,16). The highest BCUT2D eigenvalue weighted by Crippen LogP contribution is 2.34. The van der Waals surface area contributed by atoms with Gasteiger partial charge in [0.15, 0.2) is 0 Å². The molecule has 0 saturated carbocycles. The lowest BCUT2D eigenvalue weighted by Crippen LogP contribution is -2.18. The van der Waals surface area contributed by atoms with Crippen molar-refractivity contribution in [2.75, 3.05) is 11.1 Å². The van der Waals surface area contributed by atoms with E-state index < -0.39 is 11.7 Å². The first-order chi connectivity index (χ1) is 7.34. The van der Waals surface area contributed by atoms with Crippen molar-refractivity contribution in [2.45, 2.75) is 23.6 Å². The summed E-state index contributed by atoms with van der Waals surface area (Å²) in [5.74, 6) is -0.462. The fourth-order valence-corrected chi connectivity index (χ4v) is 1.26. The Balaban J connectivity index is 3.09. The molecule has 1 atom stereocenters. The van der Waals surface area contributed by atoms with Crippen molar-refractivity contribution in [1.82, 2.24) is 9.97 Å². The Kier molecular flexibility index (Phi) is 4.16. The Morgan fingerprint density at radius 3 is 2.69 bits per heavy atom. The number of rotatable bonds is 3. The quantitative estimate of drug-likeness (QED) is 0.502. The summed E-state index contributed by atoms with van der Waals surface area (Å²) in [5, 5.41) is 2.64. The third kappa shape index (κ3) is 3.35. The molecule has 0 aliphatic carbocycles. The van der Waals surface area contributed by atoms with Gasteiger partial charge in [-0.15, -0.1) is 0 Å². The minimum absolute atomic E-state index is 0.145. The van der Waals surface area contributed by atoms with Crippen LogP contribution in [0.15, 0.2) is 6.20 Å². The van der Waals surface area contributed by atoms with Crippen molar-refractivity contribution >= 4 is 34.4 Å². The maximum absolute atomic E-state index is 12.6. The molecular weight excluding hydrogens is 336 g/mol. The van der Waals surface area contributed by atoms with Crippen molar-refractivity contribution in [3.05, 3.63) is 11.8 Å². The average Bonchev–Trinajstić information content (AvgIpc) is 2.15. The van der Waals surface area contributed by atoms with E-state index in [1.54, 1.807) is 0 Å². The van der Waals surface area contributed by atoms with Crippen molar-refractivity contribution in [2.24, 2.45) is 0 Å². The third-order valence-electron chi connectivity index (χ3n) is 1.76. The molecule has 90 valence electrons. The van der Waals surface area contributed by atoms with Crippen LogP contribution in [0.2, 0.25) is 0 Å². The predicted octanol–water partition coefficient (Wildman–Crippen LogP) is 2.66. The van der Waals surface area contributed by atoms with Gasteiger partial charge in [-0.25, -0.2) is 4.98 Å². The van der Waals surface area contributed by atoms with Crippen molar-refractivity contribution in [1.29, 1.82) is 0 Å². The number of nitrogens with two attached hydrogens (primary N) is 1. The zero-order chi connectivity index (χ0) is 12.3. The summed E-state index contributed by atoms with van der Waals surface area (Å²) in [4.78, 5) is 6.90. The lowest BCUT2D eigenvalue weighted by atomic mass is 10.3. The Bertz CT molecular complexity index is 369. The molecule has 0 fully saturated rings. The topological polar surface area (TPSA) is 63.8 Å². The molecule has 0 aliphatic rings.